The van der Waals surface area contributed by atoms with Crippen molar-refractivity contribution in [2.75, 3.05) is 12.4 Å². The molecule has 1 saturated carbocycles. The van der Waals surface area contributed by atoms with E-state index in [1.165, 1.54) is 4.88 Å². The molecule has 1 aliphatic carbocycles. The van der Waals surface area contributed by atoms with E-state index >= 15 is 0 Å². The summed E-state index contributed by atoms with van der Waals surface area (Å²) in [7, 11) is 1.89. The van der Waals surface area contributed by atoms with Crippen molar-refractivity contribution in [2.24, 2.45) is 5.92 Å². The molecular weight excluding hydrogens is 304 g/mol. The number of anilines is 1. The van der Waals surface area contributed by atoms with Gasteiger partial charge in [-0.05, 0) is 48.4 Å². The number of hydrogen-bond acceptors (Lipinski definition) is 2. The number of halogens is 1. The highest BCUT2D eigenvalue weighted by Gasteiger charge is 2.55. The molecule has 3 nitrogen and oxygen atoms in total. The zero-order valence-corrected chi connectivity index (χ0v) is 13.2. The summed E-state index contributed by atoms with van der Waals surface area (Å²) >= 11 is 7.95. The summed E-state index contributed by atoms with van der Waals surface area (Å²) in [6.45, 7) is 0. The fraction of sp³-hybridized carbons (Fsp3) is 0.312. The Kier molecular flexibility index (Phi) is 2.81. The van der Waals surface area contributed by atoms with E-state index in [-0.39, 0.29) is 11.6 Å². The molecule has 1 aromatic carbocycles. The SMILES string of the molecule is CN1C(=O)Nc2ccc(Cl)cc2C1(c1cccs1)C1CC1. The molecule has 2 aromatic rings. The predicted molar refractivity (Wildman–Crippen MR) is 86.1 cm³/mol. The molecule has 2 amide bonds. The van der Waals surface area contributed by atoms with E-state index in [0.29, 0.717) is 10.9 Å². The normalized spacial score (nSPS) is 24.7. The maximum atomic E-state index is 12.5. The number of hydrogen-bond donors (Lipinski definition) is 1. The number of thiophene rings is 1. The fourth-order valence-corrected chi connectivity index (χ4v) is 4.70. The fourth-order valence-electron chi connectivity index (χ4n) is 3.47. The van der Waals surface area contributed by atoms with Gasteiger partial charge >= 0.3 is 6.03 Å². The highest BCUT2D eigenvalue weighted by Crippen LogP contribution is 2.57. The van der Waals surface area contributed by atoms with Gasteiger partial charge in [0, 0.05) is 28.2 Å². The number of carbonyl (C=O) groups excluding carboxylic acids is 1. The summed E-state index contributed by atoms with van der Waals surface area (Å²) in [4.78, 5) is 15.5. The molecule has 0 bridgehead atoms. The number of nitrogens with one attached hydrogen (secondary N) is 1. The van der Waals surface area contributed by atoms with Crippen LogP contribution in [0.2, 0.25) is 5.02 Å². The van der Waals surface area contributed by atoms with Crippen LogP contribution < -0.4 is 5.32 Å². The van der Waals surface area contributed by atoms with Crippen LogP contribution in [-0.4, -0.2) is 18.0 Å². The zero-order valence-electron chi connectivity index (χ0n) is 11.6. The van der Waals surface area contributed by atoms with E-state index in [2.05, 4.69) is 22.8 Å². The van der Waals surface area contributed by atoms with Crippen LogP contribution in [0.1, 0.15) is 23.3 Å². The quantitative estimate of drug-likeness (QED) is 0.866. The minimum absolute atomic E-state index is 0.0508. The number of fused-ring (bicyclic) bond motifs is 1. The lowest BCUT2D eigenvalue weighted by molar-refractivity contribution is 0.152. The zero-order chi connectivity index (χ0) is 14.6. The molecule has 21 heavy (non-hydrogen) atoms. The molecule has 0 saturated heterocycles. The molecule has 1 aromatic heterocycles. The van der Waals surface area contributed by atoms with Gasteiger partial charge in [-0.25, -0.2) is 4.79 Å². The van der Waals surface area contributed by atoms with Crippen LogP contribution in [0.4, 0.5) is 10.5 Å². The molecule has 4 rings (SSSR count). The van der Waals surface area contributed by atoms with Gasteiger partial charge < -0.3 is 10.2 Å². The summed E-state index contributed by atoms with van der Waals surface area (Å²) in [6.07, 6.45) is 2.28. The van der Waals surface area contributed by atoms with Gasteiger partial charge in [0.1, 0.15) is 5.54 Å². The lowest BCUT2D eigenvalue weighted by Crippen LogP contribution is -2.54. The molecule has 108 valence electrons. The van der Waals surface area contributed by atoms with E-state index in [1.54, 1.807) is 11.3 Å². The third-order valence-corrected chi connectivity index (χ3v) is 5.76. The van der Waals surface area contributed by atoms with E-state index in [0.717, 1.165) is 24.1 Å². The van der Waals surface area contributed by atoms with Gasteiger partial charge in [-0.15, -0.1) is 11.3 Å². The standard InChI is InChI=1S/C16H15ClN2OS/c1-19-15(20)18-13-7-6-11(17)9-12(13)16(19,10-4-5-10)14-3-2-8-21-14/h2-3,6-10H,4-5H2,1H3,(H,18,20). The number of amides is 2. The van der Waals surface area contributed by atoms with Gasteiger partial charge in [0.05, 0.1) is 0 Å². The highest BCUT2D eigenvalue weighted by atomic mass is 35.5. The molecule has 1 fully saturated rings. The first kappa shape index (κ1) is 13.2. The van der Waals surface area contributed by atoms with Gasteiger partial charge in [-0.1, -0.05) is 17.7 Å². The van der Waals surface area contributed by atoms with Crippen molar-refractivity contribution in [3.8, 4) is 0 Å². The lowest BCUT2D eigenvalue weighted by Gasteiger charge is -2.46. The molecular formula is C16H15ClN2OS. The molecule has 1 N–H and O–H groups in total. The van der Waals surface area contributed by atoms with Crippen LogP contribution in [0.5, 0.6) is 0 Å². The smallest absolute Gasteiger partial charge is 0.313 e. The first-order valence-corrected chi connectivity index (χ1v) is 8.28. The predicted octanol–water partition coefficient (Wildman–Crippen LogP) is 4.53. The van der Waals surface area contributed by atoms with Crippen molar-refractivity contribution in [2.45, 2.75) is 18.4 Å². The largest absolute Gasteiger partial charge is 0.322 e. The van der Waals surface area contributed by atoms with Crippen LogP contribution in [0.3, 0.4) is 0 Å². The van der Waals surface area contributed by atoms with Gasteiger partial charge in [0.2, 0.25) is 0 Å². The van der Waals surface area contributed by atoms with Gasteiger partial charge in [0.15, 0.2) is 0 Å². The van der Waals surface area contributed by atoms with Gasteiger partial charge in [-0.2, -0.15) is 0 Å². The van der Waals surface area contributed by atoms with Gasteiger partial charge in [0.25, 0.3) is 0 Å². The summed E-state index contributed by atoms with van der Waals surface area (Å²) in [6, 6.07) is 9.87. The molecule has 1 atom stereocenters. The summed E-state index contributed by atoms with van der Waals surface area (Å²) < 4.78 is 0. The third-order valence-electron chi connectivity index (χ3n) is 4.53. The van der Waals surface area contributed by atoms with E-state index in [4.69, 9.17) is 11.6 Å². The maximum absolute atomic E-state index is 12.5. The minimum atomic E-state index is -0.378. The molecule has 1 aliphatic heterocycles. The first-order chi connectivity index (χ1) is 10.1. The molecule has 0 spiro atoms. The highest BCUT2D eigenvalue weighted by molar-refractivity contribution is 7.10. The lowest BCUT2D eigenvalue weighted by atomic mass is 9.79. The van der Waals surface area contributed by atoms with Crippen LogP contribution in [0.25, 0.3) is 0 Å². The van der Waals surface area contributed by atoms with Crippen molar-refractivity contribution < 1.29 is 4.79 Å². The topological polar surface area (TPSA) is 32.3 Å². The molecule has 5 heteroatoms. The molecule has 0 radical (unpaired) electrons. The number of benzene rings is 1. The summed E-state index contributed by atoms with van der Waals surface area (Å²) in [5.74, 6) is 0.462. The maximum Gasteiger partial charge on any atom is 0.322 e. The van der Waals surface area contributed by atoms with E-state index in [1.807, 2.05) is 30.1 Å². The van der Waals surface area contributed by atoms with Gasteiger partial charge in [-0.3, -0.25) is 0 Å². The van der Waals surface area contributed by atoms with Crippen molar-refractivity contribution in [3.63, 3.8) is 0 Å². The Morgan fingerprint density at radius 2 is 2.19 bits per heavy atom. The number of rotatable bonds is 2. The average molecular weight is 319 g/mol. The second-order valence-corrected chi connectivity index (χ2v) is 7.08. The molecule has 2 aliphatic rings. The Bertz CT molecular complexity index is 711. The Labute approximate surface area is 132 Å². The molecule has 1 unspecified atom stereocenters. The van der Waals surface area contributed by atoms with Crippen LogP contribution in [0, 0.1) is 5.92 Å². The van der Waals surface area contributed by atoms with E-state index in [9.17, 15) is 4.79 Å². The minimum Gasteiger partial charge on any atom is -0.313 e. The monoisotopic (exact) mass is 318 g/mol. The van der Waals surface area contributed by atoms with Crippen LogP contribution in [0.15, 0.2) is 35.7 Å². The van der Waals surface area contributed by atoms with Crippen LogP contribution >= 0.6 is 22.9 Å². The average Bonchev–Trinajstić information content (AvgIpc) is 3.16. The Morgan fingerprint density at radius 1 is 1.38 bits per heavy atom. The summed E-state index contributed by atoms with van der Waals surface area (Å²) in [5.41, 5.74) is 1.61. The molecule has 2 heterocycles. The Balaban J connectivity index is 2.04. The number of nitrogens with zero attached hydrogens (tertiary/aromatic N) is 1. The second kappa shape index (κ2) is 4.49. The number of urea groups is 1. The number of carbonyl (C=O) groups is 1. The third kappa shape index (κ3) is 1.75. The van der Waals surface area contributed by atoms with Crippen LogP contribution in [-0.2, 0) is 5.54 Å². The van der Waals surface area contributed by atoms with Crippen molar-refractivity contribution in [1.82, 2.24) is 4.90 Å². The Morgan fingerprint density at radius 3 is 2.86 bits per heavy atom. The van der Waals surface area contributed by atoms with Crippen molar-refractivity contribution in [1.29, 1.82) is 0 Å². The second-order valence-electron chi connectivity index (χ2n) is 5.70. The summed E-state index contributed by atoms with van der Waals surface area (Å²) in [5, 5.41) is 5.75. The van der Waals surface area contributed by atoms with Crippen molar-refractivity contribution in [3.05, 3.63) is 51.2 Å². The van der Waals surface area contributed by atoms with Crippen molar-refractivity contribution >= 4 is 34.7 Å². The first-order valence-electron chi connectivity index (χ1n) is 7.03. The van der Waals surface area contributed by atoms with E-state index < -0.39 is 0 Å². The Hall–Kier alpha value is -1.52.